The molecule has 0 spiro atoms. The summed E-state index contributed by atoms with van der Waals surface area (Å²) in [4.78, 5) is 14.9. The summed E-state index contributed by atoms with van der Waals surface area (Å²) in [6.45, 7) is 4.04. The van der Waals surface area contributed by atoms with Crippen molar-refractivity contribution in [2.75, 3.05) is 24.3 Å². The van der Waals surface area contributed by atoms with Crippen LogP contribution in [0.25, 0.3) is 0 Å². The molecular formula is C14H19N5. The Morgan fingerprint density at radius 1 is 1.16 bits per heavy atom. The molecule has 0 saturated heterocycles. The Morgan fingerprint density at radius 2 is 1.89 bits per heavy atom. The quantitative estimate of drug-likeness (QED) is 0.911. The SMILES string of the molecule is Cc1nccnc1C(C)Nc1cnccc1N(C)C. The maximum absolute atomic E-state index is 4.39. The van der Waals surface area contributed by atoms with Gasteiger partial charge in [0.1, 0.15) is 0 Å². The summed E-state index contributed by atoms with van der Waals surface area (Å²) < 4.78 is 0. The first-order valence-corrected chi connectivity index (χ1v) is 6.25. The molecule has 0 radical (unpaired) electrons. The number of hydrogen-bond acceptors (Lipinski definition) is 5. The molecule has 0 aliphatic rings. The number of aryl methyl sites for hydroxylation is 1. The summed E-state index contributed by atoms with van der Waals surface area (Å²) >= 11 is 0. The molecule has 0 bridgehead atoms. The molecule has 100 valence electrons. The van der Waals surface area contributed by atoms with Gasteiger partial charge in [-0.1, -0.05) is 0 Å². The van der Waals surface area contributed by atoms with E-state index in [1.807, 2.05) is 33.3 Å². The molecule has 2 aromatic heterocycles. The molecular weight excluding hydrogens is 238 g/mol. The Balaban J connectivity index is 2.24. The Morgan fingerprint density at radius 3 is 2.58 bits per heavy atom. The van der Waals surface area contributed by atoms with Crippen molar-refractivity contribution in [2.24, 2.45) is 0 Å². The summed E-state index contributed by atoms with van der Waals surface area (Å²) in [5.74, 6) is 0. The van der Waals surface area contributed by atoms with E-state index in [1.165, 1.54) is 0 Å². The number of nitrogens with zero attached hydrogens (tertiary/aromatic N) is 4. The topological polar surface area (TPSA) is 53.9 Å². The summed E-state index contributed by atoms with van der Waals surface area (Å²) in [6.07, 6.45) is 7.05. The van der Waals surface area contributed by atoms with E-state index >= 15 is 0 Å². The van der Waals surface area contributed by atoms with Gasteiger partial charge in [0.2, 0.25) is 0 Å². The monoisotopic (exact) mass is 257 g/mol. The van der Waals surface area contributed by atoms with Gasteiger partial charge < -0.3 is 10.2 Å². The zero-order valence-corrected chi connectivity index (χ0v) is 11.8. The van der Waals surface area contributed by atoms with Crippen LogP contribution in [0.5, 0.6) is 0 Å². The van der Waals surface area contributed by atoms with E-state index in [4.69, 9.17) is 0 Å². The molecule has 0 aromatic carbocycles. The summed E-state index contributed by atoms with van der Waals surface area (Å²) in [5.41, 5.74) is 3.99. The van der Waals surface area contributed by atoms with Gasteiger partial charge in [-0.3, -0.25) is 15.0 Å². The van der Waals surface area contributed by atoms with Crippen molar-refractivity contribution in [3.05, 3.63) is 42.2 Å². The minimum Gasteiger partial charge on any atom is -0.376 e. The average Bonchev–Trinajstić information content (AvgIpc) is 2.39. The Labute approximate surface area is 113 Å². The normalized spacial score (nSPS) is 12.0. The van der Waals surface area contributed by atoms with Gasteiger partial charge in [0, 0.05) is 32.7 Å². The van der Waals surface area contributed by atoms with E-state index in [0.29, 0.717) is 0 Å². The molecule has 1 unspecified atom stereocenters. The van der Waals surface area contributed by atoms with E-state index in [9.17, 15) is 0 Å². The van der Waals surface area contributed by atoms with Crippen molar-refractivity contribution in [3.63, 3.8) is 0 Å². The maximum Gasteiger partial charge on any atom is 0.0835 e. The first kappa shape index (κ1) is 13.3. The van der Waals surface area contributed by atoms with Crippen LogP contribution in [0.1, 0.15) is 24.4 Å². The molecule has 0 saturated carbocycles. The van der Waals surface area contributed by atoms with Crippen molar-refractivity contribution in [1.29, 1.82) is 0 Å². The molecule has 5 nitrogen and oxygen atoms in total. The predicted molar refractivity (Wildman–Crippen MR) is 77.4 cm³/mol. The number of nitrogens with one attached hydrogen (secondary N) is 1. The fourth-order valence-corrected chi connectivity index (χ4v) is 2.03. The average molecular weight is 257 g/mol. The lowest BCUT2D eigenvalue weighted by atomic mass is 10.1. The van der Waals surface area contributed by atoms with Crippen LogP contribution in [0.3, 0.4) is 0 Å². The van der Waals surface area contributed by atoms with E-state index < -0.39 is 0 Å². The first-order valence-electron chi connectivity index (χ1n) is 6.25. The lowest BCUT2D eigenvalue weighted by Gasteiger charge is -2.21. The molecule has 5 heteroatoms. The Kier molecular flexibility index (Phi) is 3.94. The molecule has 0 amide bonds. The van der Waals surface area contributed by atoms with Gasteiger partial charge in [-0.2, -0.15) is 0 Å². The van der Waals surface area contributed by atoms with E-state index in [2.05, 4.69) is 32.1 Å². The highest BCUT2D eigenvalue weighted by Gasteiger charge is 2.13. The van der Waals surface area contributed by atoms with Gasteiger partial charge in [-0.15, -0.1) is 0 Å². The number of aromatic nitrogens is 3. The lowest BCUT2D eigenvalue weighted by Crippen LogP contribution is -2.15. The zero-order valence-electron chi connectivity index (χ0n) is 11.8. The third-order valence-electron chi connectivity index (χ3n) is 2.98. The number of pyridine rings is 1. The number of rotatable bonds is 4. The fourth-order valence-electron chi connectivity index (χ4n) is 2.03. The maximum atomic E-state index is 4.39. The molecule has 2 rings (SSSR count). The van der Waals surface area contributed by atoms with Crippen LogP contribution in [0, 0.1) is 6.92 Å². The molecule has 2 aromatic rings. The summed E-state index contributed by atoms with van der Waals surface area (Å²) in [5, 5.41) is 3.44. The summed E-state index contributed by atoms with van der Waals surface area (Å²) in [7, 11) is 4.03. The van der Waals surface area contributed by atoms with Gasteiger partial charge in [-0.25, -0.2) is 0 Å². The number of anilines is 2. The van der Waals surface area contributed by atoms with Crippen LogP contribution in [-0.2, 0) is 0 Å². The molecule has 2 heterocycles. The van der Waals surface area contributed by atoms with Crippen LogP contribution >= 0.6 is 0 Å². The van der Waals surface area contributed by atoms with Crippen molar-refractivity contribution in [3.8, 4) is 0 Å². The van der Waals surface area contributed by atoms with Crippen LogP contribution in [-0.4, -0.2) is 29.0 Å². The van der Waals surface area contributed by atoms with Gasteiger partial charge in [0.05, 0.1) is 35.0 Å². The highest BCUT2D eigenvalue weighted by Crippen LogP contribution is 2.26. The fraction of sp³-hybridized carbons (Fsp3) is 0.357. The molecule has 0 aliphatic carbocycles. The van der Waals surface area contributed by atoms with Crippen molar-refractivity contribution >= 4 is 11.4 Å². The predicted octanol–water partition coefficient (Wildman–Crippen LogP) is 2.42. The first-order chi connectivity index (χ1) is 9.09. The van der Waals surface area contributed by atoms with Gasteiger partial charge in [0.25, 0.3) is 0 Å². The standard InChI is InChI=1S/C14H19N5/c1-10-14(17-8-7-16-10)11(2)18-12-9-15-6-5-13(12)19(3)4/h5-9,11,18H,1-4H3. The second-order valence-electron chi connectivity index (χ2n) is 4.68. The molecule has 0 fully saturated rings. The highest BCUT2D eigenvalue weighted by atomic mass is 15.1. The van der Waals surface area contributed by atoms with Gasteiger partial charge in [-0.05, 0) is 19.9 Å². The molecule has 0 aliphatic heterocycles. The van der Waals surface area contributed by atoms with Gasteiger partial charge in [0.15, 0.2) is 0 Å². The largest absolute Gasteiger partial charge is 0.376 e. The van der Waals surface area contributed by atoms with Crippen LogP contribution in [0.4, 0.5) is 11.4 Å². The van der Waals surface area contributed by atoms with Crippen LogP contribution in [0.15, 0.2) is 30.9 Å². The second-order valence-corrected chi connectivity index (χ2v) is 4.68. The third-order valence-corrected chi connectivity index (χ3v) is 2.98. The number of hydrogen-bond donors (Lipinski definition) is 1. The van der Waals surface area contributed by atoms with Crippen molar-refractivity contribution in [1.82, 2.24) is 15.0 Å². The van der Waals surface area contributed by atoms with Crippen molar-refractivity contribution < 1.29 is 0 Å². The zero-order chi connectivity index (χ0) is 13.8. The minimum atomic E-state index is 0.0802. The summed E-state index contributed by atoms with van der Waals surface area (Å²) in [6, 6.07) is 2.06. The minimum absolute atomic E-state index is 0.0802. The third kappa shape index (κ3) is 2.99. The molecule has 1 N–H and O–H groups in total. The van der Waals surface area contributed by atoms with E-state index in [0.717, 1.165) is 22.8 Å². The van der Waals surface area contributed by atoms with E-state index in [1.54, 1.807) is 18.6 Å². The molecule has 19 heavy (non-hydrogen) atoms. The van der Waals surface area contributed by atoms with Gasteiger partial charge >= 0.3 is 0 Å². The van der Waals surface area contributed by atoms with Crippen LogP contribution in [0.2, 0.25) is 0 Å². The van der Waals surface area contributed by atoms with Crippen molar-refractivity contribution in [2.45, 2.75) is 19.9 Å². The van der Waals surface area contributed by atoms with E-state index in [-0.39, 0.29) is 6.04 Å². The molecule has 1 atom stereocenters. The highest BCUT2D eigenvalue weighted by molar-refractivity contribution is 5.68. The lowest BCUT2D eigenvalue weighted by molar-refractivity contribution is 0.808. The Bertz CT molecular complexity index is 553. The Hall–Kier alpha value is -2.17. The second kappa shape index (κ2) is 5.65. The van der Waals surface area contributed by atoms with Crippen LogP contribution < -0.4 is 10.2 Å². The smallest absolute Gasteiger partial charge is 0.0835 e.